The van der Waals surface area contributed by atoms with Crippen molar-refractivity contribution >= 4 is 23.2 Å². The minimum atomic E-state index is -0.0275. The number of aromatic nitrogens is 3. The smallest absolute Gasteiger partial charge is 0.257 e. The summed E-state index contributed by atoms with van der Waals surface area (Å²) in [6, 6.07) is 0. The molecular weight excluding hydrogens is 229 g/mol. The van der Waals surface area contributed by atoms with E-state index >= 15 is 0 Å². The summed E-state index contributed by atoms with van der Waals surface area (Å²) in [5.41, 5.74) is 0. The fourth-order valence-corrected chi connectivity index (χ4v) is 1.36. The summed E-state index contributed by atoms with van der Waals surface area (Å²) in [4.78, 5) is 3.82. The average molecular weight is 236 g/mol. The van der Waals surface area contributed by atoms with E-state index in [4.69, 9.17) is 32.7 Å². The first-order valence-corrected chi connectivity index (χ1v) is 4.81. The Labute approximate surface area is 90.3 Å². The van der Waals surface area contributed by atoms with E-state index in [9.17, 15) is 0 Å². The molecule has 1 saturated heterocycles. The minimum absolute atomic E-state index is 0.0170. The van der Waals surface area contributed by atoms with Crippen molar-refractivity contribution in [1.29, 1.82) is 0 Å². The largest absolute Gasteiger partial charge is 0.470 e. The maximum absolute atomic E-state index is 5.71. The van der Waals surface area contributed by atoms with Gasteiger partial charge in [0.05, 0.1) is 13.2 Å². The average Bonchev–Trinajstić information content (AvgIpc) is 2.64. The van der Waals surface area contributed by atoms with Gasteiger partial charge in [0.25, 0.3) is 5.88 Å². The number of halogens is 2. The third kappa shape index (κ3) is 2.23. The molecule has 0 N–H and O–H groups in total. The van der Waals surface area contributed by atoms with E-state index in [-0.39, 0.29) is 22.4 Å². The fourth-order valence-electron chi connectivity index (χ4n) is 1.12. The highest BCUT2D eigenvalue weighted by molar-refractivity contribution is 6.31. The molecule has 1 aliphatic heterocycles. The number of hydrogen-bond donors (Lipinski definition) is 0. The Morgan fingerprint density at radius 1 is 1.36 bits per heavy atom. The van der Waals surface area contributed by atoms with Gasteiger partial charge in [-0.3, -0.25) is 0 Å². The molecule has 2 rings (SSSR count). The van der Waals surface area contributed by atoms with Gasteiger partial charge in [-0.15, -0.1) is 10.2 Å². The molecule has 1 aromatic heterocycles. The molecule has 76 valence electrons. The number of nitrogens with zero attached hydrogens (tertiary/aromatic N) is 3. The first kappa shape index (κ1) is 9.89. The molecule has 0 aromatic carbocycles. The molecule has 0 aliphatic carbocycles. The summed E-state index contributed by atoms with van der Waals surface area (Å²) in [5, 5.41) is 7.18. The quantitative estimate of drug-likeness (QED) is 0.775. The Bertz CT molecular complexity index is 331. The zero-order valence-electron chi connectivity index (χ0n) is 7.11. The Balaban J connectivity index is 2.10. The number of rotatable bonds is 2. The molecule has 5 nitrogen and oxygen atoms in total. The van der Waals surface area contributed by atoms with Gasteiger partial charge in [0.1, 0.15) is 6.10 Å². The summed E-state index contributed by atoms with van der Waals surface area (Å²) >= 11 is 11.3. The summed E-state index contributed by atoms with van der Waals surface area (Å²) in [6.45, 7) is 1.23. The predicted octanol–water partition coefficient (Wildman–Crippen LogP) is 1.35. The van der Waals surface area contributed by atoms with Gasteiger partial charge >= 0.3 is 0 Å². The maximum Gasteiger partial charge on any atom is 0.257 e. The van der Waals surface area contributed by atoms with E-state index in [1.807, 2.05) is 0 Å². The molecule has 0 saturated carbocycles. The van der Waals surface area contributed by atoms with Gasteiger partial charge in [0.15, 0.2) is 0 Å². The van der Waals surface area contributed by atoms with Crippen LogP contribution in [0, 0.1) is 0 Å². The van der Waals surface area contributed by atoms with Crippen LogP contribution in [-0.2, 0) is 4.74 Å². The van der Waals surface area contributed by atoms with Crippen LogP contribution in [0.1, 0.15) is 6.42 Å². The molecule has 1 unspecified atom stereocenters. The highest BCUT2D eigenvalue weighted by Crippen LogP contribution is 2.22. The van der Waals surface area contributed by atoms with Crippen LogP contribution in [0.2, 0.25) is 10.4 Å². The second-order valence-electron chi connectivity index (χ2n) is 2.78. The second-order valence-corrected chi connectivity index (χ2v) is 3.48. The predicted molar refractivity (Wildman–Crippen MR) is 49.7 cm³/mol. The van der Waals surface area contributed by atoms with Crippen LogP contribution < -0.4 is 4.74 Å². The van der Waals surface area contributed by atoms with Crippen LogP contribution in [0.3, 0.4) is 0 Å². The standard InChI is InChI=1S/C7H7Cl2N3O2/c8-5-6(10-7(9)12-11-5)14-4-1-2-13-3-4/h4H,1-3H2. The lowest BCUT2D eigenvalue weighted by atomic mass is 10.3. The lowest BCUT2D eigenvalue weighted by Gasteiger charge is -2.10. The molecule has 2 heterocycles. The van der Waals surface area contributed by atoms with E-state index < -0.39 is 0 Å². The third-order valence-corrected chi connectivity index (χ3v) is 2.15. The SMILES string of the molecule is Clc1nnc(Cl)c(OC2CCOC2)n1. The minimum Gasteiger partial charge on any atom is -0.470 e. The summed E-state index contributed by atoms with van der Waals surface area (Å²) in [6.07, 6.45) is 0.790. The van der Waals surface area contributed by atoms with Gasteiger partial charge in [0.2, 0.25) is 10.4 Å². The lowest BCUT2D eigenvalue weighted by Crippen LogP contribution is -2.17. The summed E-state index contributed by atoms with van der Waals surface area (Å²) in [5.74, 6) is 0.210. The lowest BCUT2D eigenvalue weighted by molar-refractivity contribution is 0.137. The van der Waals surface area contributed by atoms with Crippen molar-refractivity contribution in [3.8, 4) is 5.88 Å². The van der Waals surface area contributed by atoms with Crippen molar-refractivity contribution in [1.82, 2.24) is 15.2 Å². The number of hydrogen-bond acceptors (Lipinski definition) is 5. The van der Waals surface area contributed by atoms with Gasteiger partial charge in [-0.05, 0) is 11.6 Å². The molecule has 1 aromatic rings. The molecule has 0 bridgehead atoms. The Kier molecular flexibility index (Phi) is 3.00. The van der Waals surface area contributed by atoms with Crippen LogP contribution in [-0.4, -0.2) is 34.5 Å². The van der Waals surface area contributed by atoms with E-state index in [1.165, 1.54) is 0 Å². The van der Waals surface area contributed by atoms with Gasteiger partial charge in [-0.1, -0.05) is 11.6 Å². The molecule has 1 aliphatic rings. The second kappa shape index (κ2) is 4.25. The third-order valence-electron chi connectivity index (χ3n) is 1.76. The van der Waals surface area contributed by atoms with Crippen molar-refractivity contribution in [2.45, 2.75) is 12.5 Å². The van der Waals surface area contributed by atoms with Crippen LogP contribution in [0.5, 0.6) is 5.88 Å². The zero-order valence-corrected chi connectivity index (χ0v) is 8.62. The summed E-state index contributed by atoms with van der Waals surface area (Å²) in [7, 11) is 0. The van der Waals surface area contributed by atoms with Crippen molar-refractivity contribution in [2.75, 3.05) is 13.2 Å². The van der Waals surface area contributed by atoms with Crippen LogP contribution in [0.4, 0.5) is 0 Å². The van der Waals surface area contributed by atoms with Crippen molar-refractivity contribution < 1.29 is 9.47 Å². The molecule has 7 heteroatoms. The van der Waals surface area contributed by atoms with Crippen molar-refractivity contribution in [3.63, 3.8) is 0 Å². The Morgan fingerprint density at radius 2 is 2.21 bits per heavy atom. The molecule has 0 spiro atoms. The Morgan fingerprint density at radius 3 is 2.93 bits per heavy atom. The first-order chi connectivity index (χ1) is 6.75. The van der Waals surface area contributed by atoms with Gasteiger partial charge in [-0.2, -0.15) is 4.98 Å². The van der Waals surface area contributed by atoms with Gasteiger partial charge in [-0.25, -0.2) is 0 Å². The van der Waals surface area contributed by atoms with E-state index in [0.29, 0.717) is 13.2 Å². The van der Waals surface area contributed by atoms with Gasteiger partial charge in [0, 0.05) is 6.42 Å². The van der Waals surface area contributed by atoms with Gasteiger partial charge < -0.3 is 9.47 Å². The van der Waals surface area contributed by atoms with Crippen LogP contribution in [0.15, 0.2) is 0 Å². The summed E-state index contributed by atoms with van der Waals surface area (Å²) < 4.78 is 10.6. The van der Waals surface area contributed by atoms with E-state index in [2.05, 4.69) is 15.2 Å². The van der Waals surface area contributed by atoms with Crippen molar-refractivity contribution in [3.05, 3.63) is 10.4 Å². The molecule has 1 atom stereocenters. The normalized spacial score (nSPS) is 21.1. The molecule has 1 fully saturated rings. The maximum atomic E-state index is 5.71. The zero-order chi connectivity index (χ0) is 9.97. The first-order valence-electron chi connectivity index (χ1n) is 4.06. The highest BCUT2D eigenvalue weighted by Gasteiger charge is 2.20. The molecule has 14 heavy (non-hydrogen) atoms. The van der Waals surface area contributed by atoms with Crippen LogP contribution in [0.25, 0.3) is 0 Å². The molecule has 0 radical (unpaired) electrons. The van der Waals surface area contributed by atoms with Crippen molar-refractivity contribution in [2.24, 2.45) is 0 Å². The van der Waals surface area contributed by atoms with E-state index in [0.717, 1.165) is 6.42 Å². The monoisotopic (exact) mass is 235 g/mol. The fraction of sp³-hybridized carbons (Fsp3) is 0.571. The Hall–Kier alpha value is -0.650. The molecular formula is C7H7Cl2N3O2. The van der Waals surface area contributed by atoms with Crippen LogP contribution >= 0.6 is 23.2 Å². The molecule has 0 amide bonds. The highest BCUT2D eigenvalue weighted by atomic mass is 35.5. The topological polar surface area (TPSA) is 57.1 Å². The number of ether oxygens (including phenoxy) is 2. The van der Waals surface area contributed by atoms with E-state index in [1.54, 1.807) is 0 Å².